The zero-order chi connectivity index (χ0) is 21.7. The Balaban J connectivity index is 1.88. The summed E-state index contributed by atoms with van der Waals surface area (Å²) >= 11 is 0. The molecule has 0 aliphatic carbocycles. The fourth-order valence-electron chi connectivity index (χ4n) is 3.12. The van der Waals surface area contributed by atoms with Crippen molar-refractivity contribution in [3.8, 4) is 0 Å². The maximum Gasteiger partial charge on any atom is 0.449 e. The normalized spacial score (nSPS) is 13.0. The van der Waals surface area contributed by atoms with Gasteiger partial charge < -0.3 is 15.0 Å². The highest BCUT2D eigenvalue weighted by molar-refractivity contribution is 5.80. The lowest BCUT2D eigenvalue weighted by atomic mass is 9.98. The maximum absolute atomic E-state index is 13.0. The molecule has 1 amide bonds. The molecular formula is C21H23F3N4O2. The van der Waals surface area contributed by atoms with Gasteiger partial charge in [0.15, 0.2) is 0 Å². The summed E-state index contributed by atoms with van der Waals surface area (Å²) in [6.45, 7) is 1.27. The van der Waals surface area contributed by atoms with Crippen molar-refractivity contribution >= 4 is 16.9 Å². The topological polar surface area (TPSA) is 70.2 Å². The number of nitrogens with zero attached hydrogens (tertiary/aromatic N) is 2. The third kappa shape index (κ3) is 5.37. The summed E-state index contributed by atoms with van der Waals surface area (Å²) in [6, 6.07) is 13.5. The number of hydrogen-bond acceptors (Lipinski definition) is 4. The third-order valence-corrected chi connectivity index (χ3v) is 4.64. The van der Waals surface area contributed by atoms with Gasteiger partial charge in [-0.1, -0.05) is 36.4 Å². The Bertz CT molecular complexity index is 989. The number of likely N-dealkylation sites (N-methyl/N-ethyl adjacent to an activating group) is 1. The summed E-state index contributed by atoms with van der Waals surface area (Å²) < 4.78 is 43.9. The number of amides is 1. The number of hydrogen-bond donors (Lipinski definition) is 2. The average Bonchev–Trinajstić information content (AvgIpc) is 3.15. The molecule has 0 bridgehead atoms. The first-order valence-corrected chi connectivity index (χ1v) is 9.36. The Morgan fingerprint density at radius 1 is 1.20 bits per heavy atom. The van der Waals surface area contributed by atoms with Crippen LogP contribution < -0.4 is 5.32 Å². The van der Waals surface area contributed by atoms with E-state index in [1.165, 1.54) is 6.07 Å². The number of aromatic nitrogens is 2. The van der Waals surface area contributed by atoms with Crippen molar-refractivity contribution in [1.29, 1.82) is 0 Å². The zero-order valence-electron chi connectivity index (χ0n) is 16.7. The maximum atomic E-state index is 13.0. The molecule has 1 unspecified atom stereocenters. The fourth-order valence-corrected chi connectivity index (χ4v) is 3.12. The summed E-state index contributed by atoms with van der Waals surface area (Å²) in [5.41, 5.74) is 1.94. The minimum absolute atomic E-state index is 0.164. The van der Waals surface area contributed by atoms with E-state index in [0.29, 0.717) is 18.7 Å². The first kappa shape index (κ1) is 21.8. The highest BCUT2D eigenvalue weighted by Gasteiger charge is 2.34. The van der Waals surface area contributed by atoms with E-state index < -0.39 is 18.0 Å². The van der Waals surface area contributed by atoms with Gasteiger partial charge >= 0.3 is 6.18 Å². The van der Waals surface area contributed by atoms with Gasteiger partial charge in [0.1, 0.15) is 0 Å². The number of H-pyrrole nitrogens is 1. The van der Waals surface area contributed by atoms with E-state index in [4.69, 9.17) is 4.74 Å². The lowest BCUT2D eigenvalue weighted by Crippen LogP contribution is -2.38. The summed E-state index contributed by atoms with van der Waals surface area (Å²) in [5.74, 6) is -1.25. The summed E-state index contributed by atoms with van der Waals surface area (Å²) in [7, 11) is 3.40. The van der Waals surface area contributed by atoms with E-state index in [0.717, 1.165) is 5.56 Å². The number of rotatable bonds is 8. The van der Waals surface area contributed by atoms with Gasteiger partial charge in [0.2, 0.25) is 11.7 Å². The summed E-state index contributed by atoms with van der Waals surface area (Å²) in [5, 5.41) is 2.98. The van der Waals surface area contributed by atoms with Crippen molar-refractivity contribution in [2.75, 3.05) is 33.9 Å². The van der Waals surface area contributed by atoms with Crippen molar-refractivity contribution in [1.82, 2.24) is 20.2 Å². The van der Waals surface area contributed by atoms with Crippen LogP contribution in [-0.2, 0) is 15.7 Å². The number of alkyl halides is 3. The van der Waals surface area contributed by atoms with Crippen LogP contribution in [0.25, 0.3) is 11.0 Å². The molecule has 9 heteroatoms. The van der Waals surface area contributed by atoms with Crippen LogP contribution in [0.3, 0.4) is 0 Å². The van der Waals surface area contributed by atoms with Crippen molar-refractivity contribution in [3.05, 3.63) is 65.5 Å². The van der Waals surface area contributed by atoms with Crippen LogP contribution in [0.4, 0.5) is 13.2 Å². The van der Waals surface area contributed by atoms with Crippen LogP contribution in [0.5, 0.6) is 0 Å². The second-order valence-corrected chi connectivity index (χ2v) is 7.00. The van der Waals surface area contributed by atoms with Gasteiger partial charge in [0, 0.05) is 13.7 Å². The standard InChI is InChI=1S/C21H23F3N4O2/c1-28(10-11-30-2)13-18(29)27-19(14-6-4-3-5-7-14)15-8-9-16-17(12-15)26-20(25-16)21(22,23)24/h3-9,12,19H,10-11,13H2,1-2H3,(H,25,26)(H,27,29). The van der Waals surface area contributed by atoms with Gasteiger partial charge in [0.25, 0.3) is 0 Å². The van der Waals surface area contributed by atoms with Gasteiger partial charge in [-0.15, -0.1) is 0 Å². The molecule has 3 rings (SSSR count). The third-order valence-electron chi connectivity index (χ3n) is 4.64. The Morgan fingerprint density at radius 3 is 2.60 bits per heavy atom. The number of ether oxygens (including phenoxy) is 1. The largest absolute Gasteiger partial charge is 0.449 e. The molecule has 0 saturated carbocycles. The van der Waals surface area contributed by atoms with E-state index >= 15 is 0 Å². The SMILES string of the molecule is COCCN(C)CC(=O)NC(c1ccccc1)c1ccc2nc(C(F)(F)F)[nH]c2c1. The Labute approximate surface area is 172 Å². The molecule has 1 atom stereocenters. The number of carbonyl (C=O) groups is 1. The van der Waals surface area contributed by atoms with E-state index in [2.05, 4.69) is 15.3 Å². The Morgan fingerprint density at radius 2 is 1.93 bits per heavy atom. The van der Waals surface area contributed by atoms with Crippen molar-refractivity contribution < 1.29 is 22.7 Å². The highest BCUT2D eigenvalue weighted by atomic mass is 19.4. The molecule has 0 spiro atoms. The molecule has 2 N–H and O–H groups in total. The van der Waals surface area contributed by atoms with Gasteiger partial charge in [-0.05, 0) is 30.3 Å². The van der Waals surface area contributed by atoms with Gasteiger partial charge in [-0.3, -0.25) is 9.69 Å². The molecule has 0 aliphatic rings. The lowest BCUT2D eigenvalue weighted by Gasteiger charge is -2.22. The van der Waals surface area contributed by atoms with Crippen LogP contribution in [0.15, 0.2) is 48.5 Å². The second kappa shape index (κ2) is 9.27. The number of fused-ring (bicyclic) bond motifs is 1. The molecule has 0 saturated heterocycles. The average molecular weight is 420 g/mol. The van der Waals surface area contributed by atoms with Crippen LogP contribution in [-0.4, -0.2) is 54.6 Å². The molecular weight excluding hydrogens is 397 g/mol. The fraction of sp³-hybridized carbons (Fsp3) is 0.333. The smallest absolute Gasteiger partial charge is 0.383 e. The van der Waals surface area contributed by atoms with Crippen molar-refractivity contribution in [2.45, 2.75) is 12.2 Å². The second-order valence-electron chi connectivity index (χ2n) is 7.00. The molecule has 30 heavy (non-hydrogen) atoms. The Hall–Kier alpha value is -2.91. The molecule has 1 heterocycles. The summed E-state index contributed by atoms with van der Waals surface area (Å²) in [4.78, 5) is 20.4. The first-order valence-electron chi connectivity index (χ1n) is 9.36. The van der Waals surface area contributed by atoms with Gasteiger partial charge in [-0.25, -0.2) is 4.98 Å². The number of carbonyl (C=O) groups excluding carboxylic acids is 1. The highest BCUT2D eigenvalue weighted by Crippen LogP contribution is 2.30. The van der Waals surface area contributed by atoms with Gasteiger partial charge in [0.05, 0.1) is 30.2 Å². The monoisotopic (exact) mass is 420 g/mol. The first-order chi connectivity index (χ1) is 14.3. The predicted octanol–water partition coefficient (Wildman–Crippen LogP) is 3.37. The van der Waals surface area contributed by atoms with E-state index in [-0.39, 0.29) is 23.5 Å². The van der Waals surface area contributed by atoms with Gasteiger partial charge in [-0.2, -0.15) is 13.2 Å². The number of nitrogens with one attached hydrogen (secondary N) is 2. The molecule has 1 aromatic heterocycles. The summed E-state index contributed by atoms with van der Waals surface area (Å²) in [6.07, 6.45) is -4.56. The molecule has 160 valence electrons. The molecule has 0 fully saturated rings. The molecule has 6 nitrogen and oxygen atoms in total. The molecule has 2 aromatic carbocycles. The van der Waals surface area contributed by atoms with Crippen LogP contribution in [0.1, 0.15) is 23.0 Å². The van der Waals surface area contributed by atoms with Crippen molar-refractivity contribution in [3.63, 3.8) is 0 Å². The number of aromatic amines is 1. The lowest BCUT2D eigenvalue weighted by molar-refractivity contribution is -0.144. The zero-order valence-corrected chi connectivity index (χ0v) is 16.7. The van der Waals surface area contributed by atoms with E-state index in [1.54, 1.807) is 19.2 Å². The predicted molar refractivity (Wildman–Crippen MR) is 107 cm³/mol. The number of halogens is 3. The number of methoxy groups -OCH3 is 1. The molecule has 3 aromatic rings. The molecule has 0 radical (unpaired) electrons. The Kier molecular flexibility index (Phi) is 6.73. The van der Waals surface area contributed by atoms with Crippen LogP contribution >= 0.6 is 0 Å². The van der Waals surface area contributed by atoms with Crippen molar-refractivity contribution in [2.24, 2.45) is 0 Å². The van der Waals surface area contributed by atoms with Crippen LogP contribution in [0.2, 0.25) is 0 Å². The molecule has 0 aliphatic heterocycles. The van der Waals surface area contributed by atoms with Crippen LogP contribution in [0, 0.1) is 0 Å². The number of benzene rings is 2. The minimum Gasteiger partial charge on any atom is -0.383 e. The minimum atomic E-state index is -4.56. The number of imidazole rings is 1. The van der Waals surface area contributed by atoms with E-state index in [1.807, 2.05) is 42.3 Å². The van der Waals surface area contributed by atoms with E-state index in [9.17, 15) is 18.0 Å². The quantitative estimate of drug-likeness (QED) is 0.586.